The van der Waals surface area contributed by atoms with Gasteiger partial charge in [-0.25, -0.2) is 0 Å². The molecule has 5 unspecified atom stereocenters. The summed E-state index contributed by atoms with van der Waals surface area (Å²) in [6.45, 7) is 0. The molecule has 1 N–H and O–H groups in total. The number of halogens is 1. The highest BCUT2D eigenvalue weighted by molar-refractivity contribution is 9.09. The van der Waals surface area contributed by atoms with Gasteiger partial charge in [0.2, 0.25) is 5.91 Å². The number of alkyl halides is 1. The van der Waals surface area contributed by atoms with Gasteiger partial charge in [-0.15, -0.1) is 0 Å². The van der Waals surface area contributed by atoms with Crippen LogP contribution in [-0.4, -0.2) is 17.3 Å². The van der Waals surface area contributed by atoms with Crippen LogP contribution in [0.3, 0.4) is 0 Å². The minimum atomic E-state index is 0.240. The smallest absolute Gasteiger partial charge is 0.221 e. The monoisotopic (exact) mass is 285 g/mol. The van der Waals surface area contributed by atoms with E-state index >= 15 is 0 Å². The maximum atomic E-state index is 11.6. The third-order valence-electron chi connectivity index (χ3n) is 5.10. The molecule has 90 valence electrons. The van der Waals surface area contributed by atoms with Crippen LogP contribution in [0.15, 0.2) is 0 Å². The Labute approximate surface area is 106 Å². The van der Waals surface area contributed by atoms with Crippen molar-refractivity contribution in [2.45, 2.75) is 44.6 Å². The first-order valence-electron chi connectivity index (χ1n) is 6.65. The van der Waals surface area contributed by atoms with Crippen molar-refractivity contribution < 1.29 is 4.79 Å². The Bertz CT molecular complexity index is 294. The largest absolute Gasteiger partial charge is 0.353 e. The van der Waals surface area contributed by atoms with Crippen molar-refractivity contribution in [3.05, 3.63) is 0 Å². The van der Waals surface area contributed by atoms with Gasteiger partial charge in [-0.1, -0.05) is 22.4 Å². The first-order chi connectivity index (χ1) is 7.79. The van der Waals surface area contributed by atoms with Gasteiger partial charge in [-0.05, 0) is 49.4 Å². The lowest BCUT2D eigenvalue weighted by molar-refractivity contribution is -0.121. The fraction of sp³-hybridized carbons (Fsp3) is 0.923. The second-order valence-electron chi connectivity index (χ2n) is 5.77. The normalized spacial score (nSPS) is 44.7. The number of fused-ring (bicyclic) bond motifs is 5. The Hall–Kier alpha value is -0.0500. The van der Waals surface area contributed by atoms with Gasteiger partial charge < -0.3 is 5.32 Å². The molecule has 1 amide bonds. The summed E-state index contributed by atoms with van der Waals surface area (Å²) in [4.78, 5) is 11.6. The van der Waals surface area contributed by atoms with Crippen molar-refractivity contribution in [1.29, 1.82) is 0 Å². The first kappa shape index (κ1) is 11.1. The zero-order valence-electron chi connectivity index (χ0n) is 9.62. The Balaban J connectivity index is 1.61. The molecular formula is C13H20BrNO. The molecule has 0 radical (unpaired) electrons. The van der Waals surface area contributed by atoms with E-state index in [2.05, 4.69) is 21.2 Å². The van der Waals surface area contributed by atoms with E-state index in [-0.39, 0.29) is 5.91 Å². The molecule has 16 heavy (non-hydrogen) atoms. The average molecular weight is 286 g/mol. The maximum Gasteiger partial charge on any atom is 0.221 e. The number of carbonyl (C=O) groups excluding carboxylic acids is 1. The average Bonchev–Trinajstić information content (AvgIpc) is 2.86. The van der Waals surface area contributed by atoms with E-state index in [1.54, 1.807) is 0 Å². The van der Waals surface area contributed by atoms with Crippen LogP contribution in [0.4, 0.5) is 0 Å². The summed E-state index contributed by atoms with van der Waals surface area (Å²) in [6.07, 6.45) is 7.62. The van der Waals surface area contributed by atoms with Crippen LogP contribution in [0.25, 0.3) is 0 Å². The molecule has 2 bridgehead atoms. The zero-order valence-corrected chi connectivity index (χ0v) is 11.2. The number of amides is 1. The minimum Gasteiger partial charge on any atom is -0.353 e. The van der Waals surface area contributed by atoms with Crippen LogP contribution in [-0.2, 0) is 4.79 Å². The van der Waals surface area contributed by atoms with Crippen molar-refractivity contribution in [2.24, 2.45) is 23.7 Å². The summed E-state index contributed by atoms with van der Waals surface area (Å²) >= 11 is 3.32. The molecule has 2 nitrogen and oxygen atoms in total. The lowest BCUT2D eigenvalue weighted by Gasteiger charge is -2.32. The van der Waals surface area contributed by atoms with Crippen LogP contribution in [0.1, 0.15) is 38.5 Å². The summed E-state index contributed by atoms with van der Waals surface area (Å²) < 4.78 is 0. The van der Waals surface area contributed by atoms with Gasteiger partial charge >= 0.3 is 0 Å². The molecule has 0 heterocycles. The SMILES string of the molecule is O=C(CCBr)NC1CC2CC1C1CCCC21. The highest BCUT2D eigenvalue weighted by Gasteiger charge is 2.53. The molecule has 0 aromatic heterocycles. The summed E-state index contributed by atoms with van der Waals surface area (Å²) in [7, 11) is 0. The van der Waals surface area contributed by atoms with Crippen LogP contribution in [0.2, 0.25) is 0 Å². The second kappa shape index (κ2) is 4.32. The van der Waals surface area contributed by atoms with E-state index in [0.29, 0.717) is 12.5 Å². The second-order valence-corrected chi connectivity index (χ2v) is 6.56. The Morgan fingerprint density at radius 3 is 2.81 bits per heavy atom. The van der Waals surface area contributed by atoms with E-state index < -0.39 is 0 Å². The van der Waals surface area contributed by atoms with Crippen LogP contribution in [0.5, 0.6) is 0 Å². The van der Waals surface area contributed by atoms with Crippen molar-refractivity contribution in [1.82, 2.24) is 5.32 Å². The summed E-state index contributed by atoms with van der Waals surface area (Å²) in [5.41, 5.74) is 0. The lowest BCUT2D eigenvalue weighted by atomic mass is 9.79. The van der Waals surface area contributed by atoms with Gasteiger partial charge in [0.25, 0.3) is 0 Å². The molecule has 0 aromatic rings. The summed E-state index contributed by atoms with van der Waals surface area (Å²) in [5, 5.41) is 4.04. The molecule has 0 aromatic carbocycles. The molecule has 3 heteroatoms. The molecule has 0 aliphatic heterocycles. The number of hydrogen-bond donors (Lipinski definition) is 1. The van der Waals surface area contributed by atoms with Gasteiger partial charge in [-0.3, -0.25) is 4.79 Å². The first-order valence-corrected chi connectivity index (χ1v) is 7.77. The Kier molecular flexibility index (Phi) is 2.99. The van der Waals surface area contributed by atoms with Crippen molar-refractivity contribution in [3.8, 4) is 0 Å². The molecule has 0 saturated heterocycles. The number of nitrogens with one attached hydrogen (secondary N) is 1. The molecule has 5 atom stereocenters. The third kappa shape index (κ3) is 1.71. The number of hydrogen-bond acceptors (Lipinski definition) is 1. The predicted molar refractivity (Wildman–Crippen MR) is 67.4 cm³/mol. The predicted octanol–water partition coefficient (Wildman–Crippen LogP) is 2.71. The highest BCUT2D eigenvalue weighted by Crippen LogP contribution is 2.58. The van der Waals surface area contributed by atoms with E-state index in [1.807, 2.05) is 0 Å². The number of carbonyl (C=O) groups is 1. The van der Waals surface area contributed by atoms with Crippen molar-refractivity contribution in [2.75, 3.05) is 5.33 Å². The minimum absolute atomic E-state index is 0.240. The number of rotatable bonds is 3. The third-order valence-corrected chi connectivity index (χ3v) is 5.49. The standard InChI is InChI=1S/C13H20BrNO/c14-5-4-13(16)15-12-7-8-6-11(12)10-3-1-2-9(8)10/h8-12H,1-7H2,(H,15,16). The van der Waals surface area contributed by atoms with Crippen LogP contribution < -0.4 is 5.32 Å². The molecule has 0 spiro atoms. The molecule has 3 aliphatic rings. The van der Waals surface area contributed by atoms with Crippen molar-refractivity contribution >= 4 is 21.8 Å². The van der Waals surface area contributed by atoms with Gasteiger partial charge in [0.1, 0.15) is 0 Å². The van der Waals surface area contributed by atoms with Crippen molar-refractivity contribution in [3.63, 3.8) is 0 Å². The highest BCUT2D eigenvalue weighted by atomic mass is 79.9. The quantitative estimate of drug-likeness (QED) is 0.794. The molecule has 3 fully saturated rings. The van der Waals surface area contributed by atoms with E-state index in [1.165, 1.54) is 32.1 Å². The zero-order chi connectivity index (χ0) is 11.1. The molecule has 3 saturated carbocycles. The Morgan fingerprint density at radius 1 is 1.19 bits per heavy atom. The van der Waals surface area contributed by atoms with Gasteiger partial charge in [-0.2, -0.15) is 0 Å². The van der Waals surface area contributed by atoms with Crippen LogP contribution >= 0.6 is 15.9 Å². The fourth-order valence-corrected chi connectivity index (χ4v) is 4.96. The van der Waals surface area contributed by atoms with E-state index in [9.17, 15) is 4.79 Å². The van der Waals surface area contributed by atoms with Crippen LogP contribution in [0, 0.1) is 23.7 Å². The fourth-order valence-electron chi connectivity index (χ4n) is 4.60. The molecule has 3 aliphatic carbocycles. The van der Waals surface area contributed by atoms with E-state index in [4.69, 9.17) is 0 Å². The Morgan fingerprint density at radius 2 is 2.00 bits per heavy atom. The van der Waals surface area contributed by atoms with Gasteiger partial charge in [0.05, 0.1) is 0 Å². The summed E-state index contributed by atoms with van der Waals surface area (Å²) in [5.74, 6) is 3.97. The summed E-state index contributed by atoms with van der Waals surface area (Å²) in [6, 6.07) is 0.510. The topological polar surface area (TPSA) is 29.1 Å². The van der Waals surface area contributed by atoms with Gasteiger partial charge in [0, 0.05) is 17.8 Å². The van der Waals surface area contributed by atoms with E-state index in [0.717, 1.165) is 29.0 Å². The molecular weight excluding hydrogens is 266 g/mol. The maximum absolute atomic E-state index is 11.6. The van der Waals surface area contributed by atoms with Gasteiger partial charge in [0.15, 0.2) is 0 Å². The molecule has 3 rings (SSSR count). The lowest BCUT2D eigenvalue weighted by Crippen LogP contribution is -2.42.